The maximum absolute atomic E-state index is 12.5. The molecule has 3 aromatic rings. The lowest BCUT2D eigenvalue weighted by atomic mass is 10.1. The van der Waals surface area contributed by atoms with Crippen molar-refractivity contribution in [1.82, 2.24) is 9.62 Å². The highest BCUT2D eigenvalue weighted by Crippen LogP contribution is 2.18. The molecule has 0 aliphatic carbocycles. The van der Waals surface area contributed by atoms with Crippen molar-refractivity contribution in [1.29, 1.82) is 0 Å². The molecule has 0 bridgehead atoms. The van der Waals surface area contributed by atoms with Gasteiger partial charge in [0.2, 0.25) is 15.9 Å². The maximum atomic E-state index is 12.5. The van der Waals surface area contributed by atoms with Crippen molar-refractivity contribution in [3.05, 3.63) is 78.3 Å². The lowest BCUT2D eigenvalue weighted by molar-refractivity contribution is -0.114. The minimum Gasteiger partial charge on any atom is -0.467 e. The van der Waals surface area contributed by atoms with Crippen molar-refractivity contribution in [2.24, 2.45) is 0 Å². The van der Waals surface area contributed by atoms with Gasteiger partial charge >= 0.3 is 0 Å². The normalized spacial score (nSPS) is 11.2. The number of sulfonamides is 1. The van der Waals surface area contributed by atoms with E-state index in [-0.39, 0.29) is 23.9 Å². The smallest absolute Gasteiger partial charge is 0.253 e. The van der Waals surface area contributed by atoms with Crippen molar-refractivity contribution >= 4 is 33.2 Å². The summed E-state index contributed by atoms with van der Waals surface area (Å²) in [6.45, 7) is 0.125. The first kappa shape index (κ1) is 23.0. The van der Waals surface area contributed by atoms with E-state index in [1.165, 1.54) is 32.5 Å². The molecule has 9 nitrogen and oxygen atoms in total. The molecular weight excluding hydrogens is 432 g/mol. The molecule has 3 N–H and O–H groups in total. The minimum absolute atomic E-state index is 0.0758. The highest BCUT2D eigenvalue weighted by Gasteiger charge is 2.18. The van der Waals surface area contributed by atoms with Crippen molar-refractivity contribution in [2.45, 2.75) is 11.4 Å². The Labute approximate surface area is 186 Å². The average molecular weight is 457 g/mol. The van der Waals surface area contributed by atoms with Crippen LogP contribution in [-0.4, -0.2) is 45.2 Å². The molecule has 3 rings (SSSR count). The number of amides is 2. The highest BCUT2D eigenvalue weighted by molar-refractivity contribution is 7.89. The Morgan fingerprint density at radius 2 is 1.78 bits per heavy atom. The third kappa shape index (κ3) is 5.74. The number of carbonyl (C=O) groups is 2. The molecule has 2 amide bonds. The summed E-state index contributed by atoms with van der Waals surface area (Å²) in [6.07, 6.45) is 1.53. The second-order valence-corrected chi connectivity index (χ2v) is 9.18. The van der Waals surface area contributed by atoms with E-state index in [1.54, 1.807) is 48.5 Å². The summed E-state index contributed by atoms with van der Waals surface area (Å²) in [6, 6.07) is 16.3. The molecule has 1 aromatic heterocycles. The molecule has 0 radical (unpaired) electrons. The SMILES string of the molecule is CN(C)S(=O)(=O)c1cccc(NC(=O)CNc2ccccc2C(=O)NCc2ccco2)c1. The van der Waals surface area contributed by atoms with Gasteiger partial charge in [0.15, 0.2) is 0 Å². The van der Waals surface area contributed by atoms with Crippen molar-refractivity contribution < 1.29 is 22.4 Å². The average Bonchev–Trinajstić information content (AvgIpc) is 3.30. The number of rotatable bonds is 9. The zero-order valence-corrected chi connectivity index (χ0v) is 18.5. The van der Waals surface area contributed by atoms with E-state index in [9.17, 15) is 18.0 Å². The van der Waals surface area contributed by atoms with Crippen LogP contribution in [0.5, 0.6) is 0 Å². The lowest BCUT2D eigenvalue weighted by Gasteiger charge is -2.14. The van der Waals surface area contributed by atoms with E-state index < -0.39 is 15.9 Å². The summed E-state index contributed by atoms with van der Waals surface area (Å²) in [5, 5.41) is 8.37. The number of hydrogen-bond acceptors (Lipinski definition) is 6. The van der Waals surface area contributed by atoms with Crippen LogP contribution in [0.15, 0.2) is 76.2 Å². The Bertz CT molecular complexity index is 1190. The maximum Gasteiger partial charge on any atom is 0.253 e. The Balaban J connectivity index is 1.61. The number of anilines is 2. The molecular formula is C22H24N4O5S. The van der Waals surface area contributed by atoms with Crippen LogP contribution in [0.3, 0.4) is 0 Å². The van der Waals surface area contributed by atoms with E-state index >= 15 is 0 Å². The Hall–Kier alpha value is -3.63. The summed E-state index contributed by atoms with van der Waals surface area (Å²) in [5.74, 6) is -0.0802. The summed E-state index contributed by atoms with van der Waals surface area (Å²) in [5.41, 5.74) is 1.22. The van der Waals surface area contributed by atoms with Gasteiger partial charge in [-0.3, -0.25) is 9.59 Å². The molecule has 10 heteroatoms. The summed E-state index contributed by atoms with van der Waals surface area (Å²) in [7, 11) is -0.738. The first-order valence-corrected chi connectivity index (χ1v) is 11.2. The van der Waals surface area contributed by atoms with E-state index in [1.807, 2.05) is 0 Å². The zero-order chi connectivity index (χ0) is 23.1. The first-order valence-electron chi connectivity index (χ1n) is 9.73. The van der Waals surface area contributed by atoms with Crippen LogP contribution < -0.4 is 16.0 Å². The second kappa shape index (κ2) is 10.1. The number of para-hydroxylation sites is 1. The molecule has 2 aromatic carbocycles. The summed E-state index contributed by atoms with van der Waals surface area (Å²) < 4.78 is 30.8. The first-order chi connectivity index (χ1) is 15.3. The molecule has 168 valence electrons. The number of benzene rings is 2. The molecule has 0 aliphatic heterocycles. The molecule has 32 heavy (non-hydrogen) atoms. The third-order valence-electron chi connectivity index (χ3n) is 4.51. The van der Waals surface area contributed by atoms with Crippen molar-refractivity contribution in [3.63, 3.8) is 0 Å². The number of nitrogens with zero attached hydrogens (tertiary/aromatic N) is 1. The van der Waals surface area contributed by atoms with Crippen LogP contribution in [0, 0.1) is 0 Å². The van der Waals surface area contributed by atoms with Gasteiger partial charge in [-0.05, 0) is 42.5 Å². The third-order valence-corrected chi connectivity index (χ3v) is 6.32. The van der Waals surface area contributed by atoms with Crippen LogP contribution in [0.2, 0.25) is 0 Å². The molecule has 0 fully saturated rings. The van der Waals surface area contributed by atoms with Gasteiger partial charge in [0, 0.05) is 25.5 Å². The van der Waals surface area contributed by atoms with Gasteiger partial charge in [-0.1, -0.05) is 18.2 Å². The minimum atomic E-state index is -3.61. The fraction of sp³-hybridized carbons (Fsp3) is 0.182. The highest BCUT2D eigenvalue weighted by atomic mass is 32.2. The van der Waals surface area contributed by atoms with Gasteiger partial charge < -0.3 is 20.4 Å². The Kier molecular flexibility index (Phi) is 7.29. The van der Waals surface area contributed by atoms with Crippen molar-refractivity contribution in [3.8, 4) is 0 Å². The lowest BCUT2D eigenvalue weighted by Crippen LogP contribution is -2.26. The van der Waals surface area contributed by atoms with Crippen molar-refractivity contribution in [2.75, 3.05) is 31.3 Å². The number of furan rings is 1. The van der Waals surface area contributed by atoms with Crippen LogP contribution >= 0.6 is 0 Å². The van der Waals surface area contributed by atoms with Crippen LogP contribution in [0.1, 0.15) is 16.1 Å². The van der Waals surface area contributed by atoms with E-state index in [4.69, 9.17) is 4.42 Å². The monoisotopic (exact) mass is 456 g/mol. The van der Waals surface area contributed by atoms with E-state index in [2.05, 4.69) is 16.0 Å². The summed E-state index contributed by atoms with van der Waals surface area (Å²) in [4.78, 5) is 25.0. The van der Waals surface area contributed by atoms with Crippen LogP contribution in [-0.2, 0) is 21.4 Å². The van der Waals surface area contributed by atoms with Crippen LogP contribution in [0.4, 0.5) is 11.4 Å². The number of carbonyl (C=O) groups excluding carboxylic acids is 2. The van der Waals surface area contributed by atoms with Gasteiger partial charge in [0.25, 0.3) is 5.91 Å². The largest absolute Gasteiger partial charge is 0.467 e. The predicted octanol–water partition coefficient (Wildman–Crippen LogP) is 2.51. The fourth-order valence-corrected chi connectivity index (χ4v) is 3.78. The molecule has 0 saturated carbocycles. The Morgan fingerprint density at radius 3 is 2.50 bits per heavy atom. The molecule has 0 saturated heterocycles. The van der Waals surface area contributed by atoms with Crippen LogP contribution in [0.25, 0.3) is 0 Å². The van der Waals surface area contributed by atoms with E-state index in [0.29, 0.717) is 22.7 Å². The molecule has 0 unspecified atom stereocenters. The second-order valence-electron chi connectivity index (χ2n) is 7.02. The zero-order valence-electron chi connectivity index (χ0n) is 17.7. The quantitative estimate of drug-likeness (QED) is 0.455. The molecule has 0 aliphatic rings. The standard InChI is InChI=1S/C22H24N4O5S/c1-26(2)32(29,30)18-9-5-7-16(13-18)25-21(27)15-23-20-11-4-3-10-19(20)22(28)24-14-17-8-6-12-31-17/h3-13,23H,14-15H2,1-2H3,(H,24,28)(H,25,27). The molecule has 0 atom stereocenters. The molecule has 0 spiro atoms. The molecule has 1 heterocycles. The van der Waals surface area contributed by atoms with Gasteiger partial charge in [0.1, 0.15) is 5.76 Å². The van der Waals surface area contributed by atoms with Gasteiger partial charge in [-0.15, -0.1) is 0 Å². The summed E-state index contributed by atoms with van der Waals surface area (Å²) >= 11 is 0. The number of nitrogens with one attached hydrogen (secondary N) is 3. The topological polar surface area (TPSA) is 121 Å². The predicted molar refractivity (Wildman–Crippen MR) is 121 cm³/mol. The van der Waals surface area contributed by atoms with Gasteiger partial charge in [-0.25, -0.2) is 12.7 Å². The van der Waals surface area contributed by atoms with Gasteiger partial charge in [0.05, 0.1) is 29.8 Å². The van der Waals surface area contributed by atoms with E-state index in [0.717, 1.165) is 4.31 Å². The Morgan fingerprint density at radius 1 is 1.00 bits per heavy atom. The number of hydrogen-bond donors (Lipinski definition) is 3. The fourth-order valence-electron chi connectivity index (χ4n) is 2.84. The van der Waals surface area contributed by atoms with Gasteiger partial charge in [-0.2, -0.15) is 0 Å².